The van der Waals surface area contributed by atoms with Gasteiger partial charge in [-0.15, -0.1) is 0 Å². The van der Waals surface area contributed by atoms with Crippen LogP contribution in [-0.4, -0.2) is 16.0 Å². The monoisotopic (exact) mass is 231 g/mol. The zero-order valence-corrected chi connectivity index (χ0v) is 9.73. The van der Waals surface area contributed by atoms with Gasteiger partial charge in [0.2, 0.25) is 0 Å². The number of aryl methyl sites for hydroxylation is 2. The van der Waals surface area contributed by atoms with Crippen LogP contribution in [0.25, 0.3) is 0 Å². The van der Waals surface area contributed by atoms with Crippen molar-refractivity contribution in [3.8, 4) is 0 Å². The SMILES string of the molecule is Cc1noc(C)c1CNC(=O)c1ccncc1. The summed E-state index contributed by atoms with van der Waals surface area (Å²) in [6.07, 6.45) is 3.18. The Bertz CT molecular complexity index is 500. The molecule has 0 saturated heterocycles. The second kappa shape index (κ2) is 4.78. The topological polar surface area (TPSA) is 68.0 Å². The lowest BCUT2D eigenvalue weighted by molar-refractivity contribution is 0.0950. The van der Waals surface area contributed by atoms with E-state index in [9.17, 15) is 4.79 Å². The number of hydrogen-bond donors (Lipinski definition) is 1. The smallest absolute Gasteiger partial charge is 0.251 e. The van der Waals surface area contributed by atoms with Gasteiger partial charge in [-0.2, -0.15) is 0 Å². The van der Waals surface area contributed by atoms with Crippen LogP contribution in [0.1, 0.15) is 27.4 Å². The van der Waals surface area contributed by atoms with Crippen LogP contribution in [0.5, 0.6) is 0 Å². The van der Waals surface area contributed by atoms with E-state index in [2.05, 4.69) is 15.5 Å². The van der Waals surface area contributed by atoms with E-state index >= 15 is 0 Å². The molecule has 88 valence electrons. The van der Waals surface area contributed by atoms with Gasteiger partial charge >= 0.3 is 0 Å². The molecule has 0 radical (unpaired) electrons. The number of pyridine rings is 1. The number of amides is 1. The van der Waals surface area contributed by atoms with Crippen LogP contribution < -0.4 is 5.32 Å². The standard InChI is InChI=1S/C12H13N3O2/c1-8-11(9(2)17-15-8)7-14-12(16)10-3-5-13-6-4-10/h3-6H,7H2,1-2H3,(H,14,16). The van der Waals surface area contributed by atoms with Gasteiger partial charge in [-0.25, -0.2) is 0 Å². The van der Waals surface area contributed by atoms with Gasteiger partial charge in [0.25, 0.3) is 5.91 Å². The minimum atomic E-state index is -0.132. The Morgan fingerprint density at radius 1 is 1.35 bits per heavy atom. The molecule has 2 aromatic rings. The van der Waals surface area contributed by atoms with Crippen LogP contribution in [0.2, 0.25) is 0 Å². The number of carbonyl (C=O) groups excluding carboxylic acids is 1. The summed E-state index contributed by atoms with van der Waals surface area (Å²) in [5.74, 6) is 0.602. The predicted octanol–water partition coefficient (Wildman–Crippen LogP) is 1.62. The Hall–Kier alpha value is -2.17. The third-order valence-corrected chi connectivity index (χ3v) is 2.55. The second-order valence-corrected chi connectivity index (χ2v) is 3.72. The maximum atomic E-state index is 11.8. The van der Waals surface area contributed by atoms with Gasteiger partial charge in [-0.05, 0) is 26.0 Å². The number of rotatable bonds is 3. The number of nitrogens with zero attached hydrogens (tertiary/aromatic N) is 2. The third kappa shape index (κ3) is 2.50. The molecule has 0 aliphatic heterocycles. The molecular formula is C12H13N3O2. The molecule has 0 fully saturated rings. The van der Waals surface area contributed by atoms with E-state index in [1.807, 2.05) is 13.8 Å². The first-order valence-corrected chi connectivity index (χ1v) is 5.28. The average molecular weight is 231 g/mol. The Labute approximate surface area is 98.8 Å². The highest BCUT2D eigenvalue weighted by Crippen LogP contribution is 2.11. The van der Waals surface area contributed by atoms with E-state index in [0.717, 1.165) is 17.0 Å². The number of nitrogens with one attached hydrogen (secondary N) is 1. The Kier molecular flexibility index (Phi) is 3.18. The lowest BCUT2D eigenvalue weighted by Gasteiger charge is -2.04. The molecule has 0 atom stereocenters. The van der Waals surface area contributed by atoms with Gasteiger partial charge in [-0.1, -0.05) is 5.16 Å². The summed E-state index contributed by atoms with van der Waals surface area (Å²) in [6.45, 7) is 4.10. The van der Waals surface area contributed by atoms with E-state index in [1.54, 1.807) is 24.5 Å². The Morgan fingerprint density at radius 2 is 2.06 bits per heavy atom. The molecule has 0 bridgehead atoms. The first-order valence-electron chi connectivity index (χ1n) is 5.28. The number of hydrogen-bond acceptors (Lipinski definition) is 4. The molecule has 1 N–H and O–H groups in total. The Morgan fingerprint density at radius 3 is 2.65 bits per heavy atom. The molecule has 5 nitrogen and oxygen atoms in total. The fraction of sp³-hybridized carbons (Fsp3) is 0.250. The summed E-state index contributed by atoms with van der Waals surface area (Å²) in [5.41, 5.74) is 2.32. The minimum Gasteiger partial charge on any atom is -0.361 e. The van der Waals surface area contributed by atoms with Crippen molar-refractivity contribution < 1.29 is 9.32 Å². The van der Waals surface area contributed by atoms with Crippen LogP contribution in [0.4, 0.5) is 0 Å². The van der Waals surface area contributed by atoms with Crippen molar-refractivity contribution in [1.82, 2.24) is 15.5 Å². The number of aromatic nitrogens is 2. The van der Waals surface area contributed by atoms with Gasteiger partial charge in [0.1, 0.15) is 5.76 Å². The molecule has 0 saturated carbocycles. The summed E-state index contributed by atoms with van der Waals surface area (Å²) in [4.78, 5) is 15.6. The first kappa shape index (κ1) is 11.3. The molecule has 0 aromatic carbocycles. The quantitative estimate of drug-likeness (QED) is 0.871. The molecular weight excluding hydrogens is 218 g/mol. The van der Waals surface area contributed by atoms with Crippen molar-refractivity contribution in [3.63, 3.8) is 0 Å². The molecule has 2 aromatic heterocycles. The second-order valence-electron chi connectivity index (χ2n) is 3.72. The molecule has 0 unspecified atom stereocenters. The van der Waals surface area contributed by atoms with Crippen LogP contribution in [0.3, 0.4) is 0 Å². The van der Waals surface area contributed by atoms with Crippen molar-refractivity contribution in [2.45, 2.75) is 20.4 Å². The van der Waals surface area contributed by atoms with E-state index in [1.165, 1.54) is 0 Å². The molecule has 0 aliphatic rings. The van der Waals surface area contributed by atoms with Crippen LogP contribution in [0.15, 0.2) is 29.0 Å². The summed E-state index contributed by atoms with van der Waals surface area (Å²) in [5, 5.41) is 6.65. The molecule has 17 heavy (non-hydrogen) atoms. The molecule has 2 rings (SSSR count). The lowest BCUT2D eigenvalue weighted by Crippen LogP contribution is -2.23. The van der Waals surface area contributed by atoms with Crippen LogP contribution in [0, 0.1) is 13.8 Å². The zero-order valence-electron chi connectivity index (χ0n) is 9.73. The molecule has 0 spiro atoms. The number of carbonyl (C=O) groups is 1. The maximum Gasteiger partial charge on any atom is 0.251 e. The van der Waals surface area contributed by atoms with Gasteiger partial charge < -0.3 is 9.84 Å². The Balaban J connectivity index is 2.02. The van der Waals surface area contributed by atoms with Gasteiger partial charge in [-0.3, -0.25) is 9.78 Å². The summed E-state index contributed by atoms with van der Waals surface area (Å²) in [7, 11) is 0. The highest BCUT2D eigenvalue weighted by Gasteiger charge is 2.10. The fourth-order valence-electron chi connectivity index (χ4n) is 1.53. The van der Waals surface area contributed by atoms with Gasteiger partial charge in [0, 0.05) is 30.1 Å². The average Bonchev–Trinajstić information content (AvgIpc) is 2.67. The zero-order chi connectivity index (χ0) is 12.3. The van der Waals surface area contributed by atoms with E-state index in [0.29, 0.717) is 12.1 Å². The third-order valence-electron chi connectivity index (χ3n) is 2.55. The first-order chi connectivity index (χ1) is 8.18. The highest BCUT2D eigenvalue weighted by molar-refractivity contribution is 5.93. The summed E-state index contributed by atoms with van der Waals surface area (Å²) in [6, 6.07) is 3.34. The summed E-state index contributed by atoms with van der Waals surface area (Å²) >= 11 is 0. The normalized spacial score (nSPS) is 10.2. The largest absolute Gasteiger partial charge is 0.361 e. The minimum absolute atomic E-state index is 0.132. The van der Waals surface area contributed by atoms with Crippen molar-refractivity contribution in [1.29, 1.82) is 0 Å². The van der Waals surface area contributed by atoms with Crippen LogP contribution >= 0.6 is 0 Å². The fourth-order valence-corrected chi connectivity index (χ4v) is 1.53. The summed E-state index contributed by atoms with van der Waals surface area (Å²) < 4.78 is 5.02. The van der Waals surface area contributed by atoms with Gasteiger partial charge in [0.15, 0.2) is 0 Å². The maximum absolute atomic E-state index is 11.8. The van der Waals surface area contributed by atoms with E-state index in [4.69, 9.17) is 4.52 Å². The molecule has 0 aliphatic carbocycles. The molecule has 1 amide bonds. The highest BCUT2D eigenvalue weighted by atomic mass is 16.5. The van der Waals surface area contributed by atoms with Crippen molar-refractivity contribution in [3.05, 3.63) is 47.1 Å². The molecule has 2 heterocycles. The van der Waals surface area contributed by atoms with Crippen molar-refractivity contribution in [2.24, 2.45) is 0 Å². The van der Waals surface area contributed by atoms with Crippen molar-refractivity contribution >= 4 is 5.91 Å². The van der Waals surface area contributed by atoms with Gasteiger partial charge in [0.05, 0.1) is 5.69 Å². The van der Waals surface area contributed by atoms with E-state index in [-0.39, 0.29) is 5.91 Å². The van der Waals surface area contributed by atoms with E-state index < -0.39 is 0 Å². The lowest BCUT2D eigenvalue weighted by atomic mass is 10.2. The van der Waals surface area contributed by atoms with Crippen LogP contribution in [-0.2, 0) is 6.54 Å². The predicted molar refractivity (Wildman–Crippen MR) is 61.4 cm³/mol. The van der Waals surface area contributed by atoms with Crippen molar-refractivity contribution in [2.75, 3.05) is 0 Å². The molecule has 5 heteroatoms.